The fourth-order valence-corrected chi connectivity index (χ4v) is 4.32. The zero-order valence-corrected chi connectivity index (χ0v) is 14.5. The molecule has 7 heteroatoms. The highest BCUT2D eigenvalue weighted by Gasteiger charge is 2.24. The lowest BCUT2D eigenvalue weighted by Crippen LogP contribution is -2.40. The van der Waals surface area contributed by atoms with Crippen molar-refractivity contribution in [2.75, 3.05) is 19.7 Å². The zero-order chi connectivity index (χ0) is 15.3. The third kappa shape index (κ3) is 4.67. The molecule has 0 aromatic heterocycles. The summed E-state index contributed by atoms with van der Waals surface area (Å²) in [5.74, 6) is 0.384. The number of hydrogen-bond acceptors (Lipinski definition) is 4. The van der Waals surface area contributed by atoms with Crippen molar-refractivity contribution in [3.05, 3.63) is 22.7 Å². The molecule has 5 nitrogen and oxygen atoms in total. The molecular weight excluding hydrogens is 356 g/mol. The fourth-order valence-electron chi connectivity index (χ4n) is 2.37. The van der Waals surface area contributed by atoms with Crippen LogP contribution in [0, 0.1) is 0 Å². The van der Waals surface area contributed by atoms with Gasteiger partial charge >= 0.3 is 0 Å². The molecular formula is C14H21BrN2O3S. The monoisotopic (exact) mass is 376 g/mol. The van der Waals surface area contributed by atoms with Crippen LogP contribution < -0.4 is 14.8 Å². The number of rotatable bonds is 5. The van der Waals surface area contributed by atoms with Crippen molar-refractivity contribution >= 4 is 26.0 Å². The molecule has 0 saturated carbocycles. The molecule has 0 radical (unpaired) electrons. The molecule has 0 spiro atoms. The first-order valence-corrected chi connectivity index (χ1v) is 9.46. The summed E-state index contributed by atoms with van der Waals surface area (Å²) in [6.07, 6.45) is 2.96. The van der Waals surface area contributed by atoms with Crippen LogP contribution in [0.25, 0.3) is 0 Å². The Morgan fingerprint density at radius 1 is 1.43 bits per heavy atom. The van der Waals surface area contributed by atoms with Crippen LogP contribution >= 0.6 is 15.9 Å². The molecule has 2 rings (SSSR count). The van der Waals surface area contributed by atoms with E-state index >= 15 is 0 Å². The van der Waals surface area contributed by atoms with Gasteiger partial charge in [0.05, 0.1) is 6.61 Å². The Morgan fingerprint density at radius 2 is 2.24 bits per heavy atom. The maximum atomic E-state index is 12.6. The number of ether oxygens (including phenoxy) is 1. The van der Waals surface area contributed by atoms with Crippen LogP contribution in [0.1, 0.15) is 26.2 Å². The van der Waals surface area contributed by atoms with Gasteiger partial charge in [-0.1, -0.05) is 22.4 Å². The minimum Gasteiger partial charge on any atom is -0.492 e. The lowest BCUT2D eigenvalue weighted by molar-refractivity contribution is 0.330. The van der Waals surface area contributed by atoms with E-state index < -0.39 is 10.0 Å². The zero-order valence-electron chi connectivity index (χ0n) is 12.1. The van der Waals surface area contributed by atoms with Crippen molar-refractivity contribution in [1.29, 1.82) is 0 Å². The molecule has 0 bridgehead atoms. The van der Waals surface area contributed by atoms with Crippen LogP contribution in [0.4, 0.5) is 0 Å². The van der Waals surface area contributed by atoms with Crippen molar-refractivity contribution in [2.45, 2.75) is 37.1 Å². The Balaban J connectivity index is 2.23. The number of sulfonamides is 1. The van der Waals surface area contributed by atoms with Crippen LogP contribution in [-0.2, 0) is 10.0 Å². The largest absolute Gasteiger partial charge is 0.492 e. The van der Waals surface area contributed by atoms with Crippen molar-refractivity contribution in [1.82, 2.24) is 10.0 Å². The highest BCUT2D eigenvalue weighted by Crippen LogP contribution is 2.28. The van der Waals surface area contributed by atoms with Gasteiger partial charge in [0.1, 0.15) is 10.6 Å². The second kappa shape index (κ2) is 7.58. The molecule has 1 saturated heterocycles. The van der Waals surface area contributed by atoms with Gasteiger partial charge in [0.15, 0.2) is 0 Å². The molecule has 0 amide bonds. The third-order valence-electron chi connectivity index (χ3n) is 3.36. The van der Waals surface area contributed by atoms with E-state index in [4.69, 9.17) is 4.74 Å². The van der Waals surface area contributed by atoms with E-state index in [0.29, 0.717) is 23.4 Å². The molecule has 1 unspecified atom stereocenters. The number of hydrogen-bond donors (Lipinski definition) is 2. The van der Waals surface area contributed by atoms with Gasteiger partial charge in [-0.15, -0.1) is 0 Å². The van der Waals surface area contributed by atoms with Gasteiger partial charge in [0.25, 0.3) is 0 Å². The Bertz CT molecular complexity index is 570. The average Bonchev–Trinajstić information content (AvgIpc) is 2.69. The van der Waals surface area contributed by atoms with E-state index in [1.807, 2.05) is 6.92 Å². The van der Waals surface area contributed by atoms with Crippen LogP contribution in [0.3, 0.4) is 0 Å². The smallest absolute Gasteiger partial charge is 0.244 e. The first-order valence-electron chi connectivity index (χ1n) is 7.18. The number of benzene rings is 1. The van der Waals surface area contributed by atoms with Crippen molar-refractivity contribution in [3.8, 4) is 5.75 Å². The molecule has 0 aliphatic carbocycles. The SMILES string of the molecule is CCOc1ccc(Br)cc1S(=O)(=O)NC1CCCCNC1. The van der Waals surface area contributed by atoms with Gasteiger partial charge < -0.3 is 10.1 Å². The second-order valence-corrected chi connectivity index (χ2v) is 7.64. The summed E-state index contributed by atoms with van der Waals surface area (Å²) in [5.41, 5.74) is 0. The van der Waals surface area contributed by atoms with Crippen molar-refractivity contribution in [3.63, 3.8) is 0 Å². The molecule has 118 valence electrons. The molecule has 1 fully saturated rings. The Hall–Kier alpha value is -0.630. The van der Waals surface area contributed by atoms with Gasteiger partial charge in [-0.3, -0.25) is 0 Å². The number of halogens is 1. The van der Waals surface area contributed by atoms with Gasteiger partial charge in [0, 0.05) is 17.1 Å². The predicted octanol–water partition coefficient (Wildman–Crippen LogP) is 2.27. The standard InChI is InChI=1S/C14H21BrN2O3S/c1-2-20-13-7-6-11(15)9-14(13)21(18,19)17-12-5-3-4-8-16-10-12/h6-7,9,12,16-17H,2-5,8,10H2,1H3. The summed E-state index contributed by atoms with van der Waals surface area (Å²) in [7, 11) is -3.60. The number of nitrogens with one attached hydrogen (secondary N) is 2. The summed E-state index contributed by atoms with van der Waals surface area (Å²) in [5, 5.41) is 3.26. The molecule has 1 aliphatic heterocycles. The van der Waals surface area contributed by atoms with Crippen LogP contribution in [0.2, 0.25) is 0 Å². The fraction of sp³-hybridized carbons (Fsp3) is 0.571. The first kappa shape index (κ1) is 16.7. The molecule has 1 heterocycles. The van der Waals surface area contributed by atoms with E-state index in [0.717, 1.165) is 25.8 Å². The Labute approximate surface area is 134 Å². The molecule has 1 aromatic carbocycles. The highest BCUT2D eigenvalue weighted by atomic mass is 79.9. The van der Waals surface area contributed by atoms with Crippen molar-refractivity contribution < 1.29 is 13.2 Å². The van der Waals surface area contributed by atoms with Crippen molar-refractivity contribution in [2.24, 2.45) is 0 Å². The van der Waals surface area contributed by atoms with E-state index in [2.05, 4.69) is 26.0 Å². The maximum absolute atomic E-state index is 12.6. The third-order valence-corrected chi connectivity index (χ3v) is 5.40. The van der Waals surface area contributed by atoms with E-state index in [-0.39, 0.29) is 10.9 Å². The van der Waals surface area contributed by atoms with Gasteiger partial charge in [-0.05, 0) is 44.5 Å². The van der Waals surface area contributed by atoms with Crippen LogP contribution in [0.5, 0.6) is 5.75 Å². The average molecular weight is 377 g/mol. The molecule has 1 aliphatic rings. The van der Waals surface area contributed by atoms with E-state index in [1.54, 1.807) is 18.2 Å². The first-order chi connectivity index (χ1) is 10.0. The minimum absolute atomic E-state index is 0.0778. The maximum Gasteiger partial charge on any atom is 0.244 e. The lowest BCUT2D eigenvalue weighted by Gasteiger charge is -2.18. The summed E-state index contributed by atoms with van der Waals surface area (Å²) in [4.78, 5) is 0.183. The second-order valence-electron chi connectivity index (χ2n) is 5.04. The predicted molar refractivity (Wildman–Crippen MR) is 86.1 cm³/mol. The summed E-state index contributed by atoms with van der Waals surface area (Å²) in [6.45, 7) is 3.87. The highest BCUT2D eigenvalue weighted by molar-refractivity contribution is 9.10. The Morgan fingerprint density at radius 3 is 3.00 bits per heavy atom. The van der Waals surface area contributed by atoms with Gasteiger partial charge in [-0.2, -0.15) is 0 Å². The topological polar surface area (TPSA) is 67.4 Å². The summed E-state index contributed by atoms with van der Waals surface area (Å²) in [6, 6.07) is 4.95. The molecule has 1 atom stereocenters. The normalized spacial score (nSPS) is 20.0. The summed E-state index contributed by atoms with van der Waals surface area (Å²) < 4.78 is 34.2. The van der Waals surface area contributed by atoms with E-state index in [1.165, 1.54) is 0 Å². The molecule has 21 heavy (non-hydrogen) atoms. The lowest BCUT2D eigenvalue weighted by atomic mass is 10.2. The quantitative estimate of drug-likeness (QED) is 0.826. The van der Waals surface area contributed by atoms with E-state index in [9.17, 15) is 8.42 Å². The van der Waals surface area contributed by atoms with Crippen LogP contribution in [0.15, 0.2) is 27.6 Å². The molecule has 2 N–H and O–H groups in total. The minimum atomic E-state index is -3.60. The van der Waals surface area contributed by atoms with Crippen LogP contribution in [-0.4, -0.2) is 34.2 Å². The summed E-state index contributed by atoms with van der Waals surface area (Å²) >= 11 is 3.32. The van der Waals surface area contributed by atoms with Gasteiger partial charge in [-0.25, -0.2) is 13.1 Å². The Kier molecular flexibility index (Phi) is 6.04. The molecule has 1 aromatic rings. The van der Waals surface area contributed by atoms with Gasteiger partial charge in [0.2, 0.25) is 10.0 Å².